The van der Waals surface area contributed by atoms with Gasteiger partial charge in [0.15, 0.2) is 0 Å². The zero-order valence-electron chi connectivity index (χ0n) is 13.2. The van der Waals surface area contributed by atoms with Gasteiger partial charge in [-0.25, -0.2) is 4.79 Å². The predicted molar refractivity (Wildman–Crippen MR) is 93.2 cm³/mol. The molecule has 2 aromatic rings. The third kappa shape index (κ3) is 4.23. The number of anilines is 3. The monoisotopic (exact) mass is 311 g/mol. The van der Waals surface area contributed by atoms with E-state index in [-0.39, 0.29) is 12.1 Å². The molecule has 5 heteroatoms. The zero-order chi connectivity index (χ0) is 16.1. The minimum Gasteiger partial charge on any atom is -0.375 e. The number of amides is 2. The third-order valence-corrected chi connectivity index (χ3v) is 3.76. The molecule has 0 bridgehead atoms. The molecule has 2 N–H and O–H groups in total. The molecule has 2 amide bonds. The highest BCUT2D eigenvalue weighted by Gasteiger charge is 2.16. The molecule has 0 aliphatic carbocycles. The molecule has 0 radical (unpaired) electrons. The summed E-state index contributed by atoms with van der Waals surface area (Å²) in [5, 5.41) is 5.63. The van der Waals surface area contributed by atoms with Gasteiger partial charge in [-0.3, -0.25) is 0 Å². The molecule has 1 aliphatic rings. The lowest BCUT2D eigenvalue weighted by Crippen LogP contribution is -2.41. The molecule has 0 aromatic heterocycles. The number of benzene rings is 2. The quantitative estimate of drug-likeness (QED) is 0.911. The van der Waals surface area contributed by atoms with Crippen molar-refractivity contribution in [1.29, 1.82) is 0 Å². The van der Waals surface area contributed by atoms with E-state index >= 15 is 0 Å². The molecule has 0 spiro atoms. The van der Waals surface area contributed by atoms with E-state index in [1.807, 2.05) is 54.6 Å². The number of urea groups is 1. The summed E-state index contributed by atoms with van der Waals surface area (Å²) in [6.45, 7) is 4.61. The summed E-state index contributed by atoms with van der Waals surface area (Å²) in [4.78, 5) is 14.3. The van der Waals surface area contributed by atoms with Gasteiger partial charge >= 0.3 is 6.03 Å². The van der Waals surface area contributed by atoms with E-state index in [2.05, 4.69) is 22.5 Å². The van der Waals surface area contributed by atoms with Crippen molar-refractivity contribution in [3.05, 3.63) is 54.6 Å². The first-order valence-electron chi connectivity index (χ1n) is 7.80. The van der Waals surface area contributed by atoms with E-state index in [4.69, 9.17) is 4.74 Å². The van der Waals surface area contributed by atoms with Gasteiger partial charge < -0.3 is 20.3 Å². The molecular weight excluding hydrogens is 290 g/mol. The molecule has 2 aromatic carbocycles. The number of hydrogen-bond donors (Lipinski definition) is 2. The van der Waals surface area contributed by atoms with Crippen LogP contribution in [0.3, 0.4) is 0 Å². The fraction of sp³-hybridized carbons (Fsp3) is 0.278. The van der Waals surface area contributed by atoms with Gasteiger partial charge in [-0.05, 0) is 43.3 Å². The molecule has 1 saturated heterocycles. The zero-order valence-corrected chi connectivity index (χ0v) is 13.2. The average Bonchev–Trinajstić information content (AvgIpc) is 2.56. The SMILES string of the molecule is CC1CN(c2ccc(NC(=O)Nc3ccccc3)cc2)CCO1. The highest BCUT2D eigenvalue weighted by Crippen LogP contribution is 2.20. The Balaban J connectivity index is 1.58. The number of carbonyl (C=O) groups excluding carboxylic acids is 1. The molecule has 1 atom stereocenters. The molecule has 1 fully saturated rings. The highest BCUT2D eigenvalue weighted by molar-refractivity contribution is 5.99. The van der Waals surface area contributed by atoms with E-state index in [9.17, 15) is 4.79 Å². The van der Waals surface area contributed by atoms with Gasteiger partial charge in [-0.2, -0.15) is 0 Å². The normalized spacial score (nSPS) is 17.6. The van der Waals surface area contributed by atoms with Crippen molar-refractivity contribution in [3.63, 3.8) is 0 Å². The van der Waals surface area contributed by atoms with Crippen molar-refractivity contribution in [3.8, 4) is 0 Å². The van der Waals surface area contributed by atoms with Crippen molar-refractivity contribution in [2.24, 2.45) is 0 Å². The van der Waals surface area contributed by atoms with E-state index in [0.717, 1.165) is 36.8 Å². The van der Waals surface area contributed by atoms with Crippen LogP contribution in [-0.4, -0.2) is 31.8 Å². The minimum atomic E-state index is -0.246. The van der Waals surface area contributed by atoms with Gasteiger partial charge in [-0.1, -0.05) is 18.2 Å². The number of ether oxygens (including phenoxy) is 1. The molecular formula is C18H21N3O2. The molecule has 23 heavy (non-hydrogen) atoms. The van der Waals surface area contributed by atoms with Crippen LogP contribution in [0.1, 0.15) is 6.92 Å². The second-order valence-corrected chi connectivity index (χ2v) is 5.62. The average molecular weight is 311 g/mol. The van der Waals surface area contributed by atoms with Gasteiger partial charge in [0.2, 0.25) is 0 Å². The Morgan fingerprint density at radius 1 is 1.04 bits per heavy atom. The first-order valence-corrected chi connectivity index (χ1v) is 7.80. The van der Waals surface area contributed by atoms with Crippen LogP contribution in [-0.2, 0) is 4.74 Å². The maximum Gasteiger partial charge on any atom is 0.323 e. The van der Waals surface area contributed by atoms with Crippen molar-refractivity contribution in [2.75, 3.05) is 35.2 Å². The number of para-hydroxylation sites is 1. The molecule has 1 heterocycles. The molecule has 120 valence electrons. The molecule has 3 rings (SSSR count). The second kappa shape index (κ2) is 7.15. The highest BCUT2D eigenvalue weighted by atomic mass is 16.5. The van der Waals surface area contributed by atoms with Gasteiger partial charge in [0.05, 0.1) is 12.7 Å². The Labute approximate surface area is 136 Å². The third-order valence-electron chi connectivity index (χ3n) is 3.76. The fourth-order valence-electron chi connectivity index (χ4n) is 2.62. The van der Waals surface area contributed by atoms with Crippen LogP contribution in [0.25, 0.3) is 0 Å². The first-order chi connectivity index (χ1) is 11.2. The van der Waals surface area contributed by atoms with Crippen LogP contribution in [0.2, 0.25) is 0 Å². The van der Waals surface area contributed by atoms with Gasteiger partial charge in [0.1, 0.15) is 0 Å². The maximum absolute atomic E-state index is 12.0. The molecule has 0 saturated carbocycles. The number of morpholine rings is 1. The number of nitrogens with one attached hydrogen (secondary N) is 2. The summed E-state index contributed by atoms with van der Waals surface area (Å²) in [5.41, 5.74) is 2.68. The van der Waals surface area contributed by atoms with Gasteiger partial charge in [0.25, 0.3) is 0 Å². The Bertz CT molecular complexity index is 643. The number of rotatable bonds is 3. The first kappa shape index (κ1) is 15.4. The van der Waals surface area contributed by atoms with Crippen LogP contribution in [0.4, 0.5) is 21.9 Å². The largest absolute Gasteiger partial charge is 0.375 e. The summed E-state index contributed by atoms with van der Waals surface area (Å²) in [7, 11) is 0. The van der Waals surface area contributed by atoms with Crippen molar-refractivity contribution in [1.82, 2.24) is 0 Å². The Morgan fingerprint density at radius 3 is 2.35 bits per heavy atom. The van der Waals surface area contributed by atoms with E-state index in [1.165, 1.54) is 0 Å². The second-order valence-electron chi connectivity index (χ2n) is 5.62. The summed E-state index contributed by atoms with van der Waals surface area (Å²) in [6, 6.07) is 17.0. The summed E-state index contributed by atoms with van der Waals surface area (Å²) in [5.74, 6) is 0. The lowest BCUT2D eigenvalue weighted by atomic mass is 10.2. The Kier molecular flexibility index (Phi) is 4.78. The number of carbonyl (C=O) groups is 1. The number of nitrogens with zero attached hydrogens (tertiary/aromatic N) is 1. The van der Waals surface area contributed by atoms with Gasteiger partial charge in [0, 0.05) is 30.2 Å². The van der Waals surface area contributed by atoms with Crippen LogP contribution in [0.15, 0.2) is 54.6 Å². The summed E-state index contributed by atoms with van der Waals surface area (Å²) >= 11 is 0. The molecule has 1 aliphatic heterocycles. The Hall–Kier alpha value is -2.53. The van der Waals surface area contributed by atoms with Crippen LogP contribution >= 0.6 is 0 Å². The van der Waals surface area contributed by atoms with E-state index < -0.39 is 0 Å². The minimum absolute atomic E-state index is 0.246. The standard InChI is InChI=1S/C18H21N3O2/c1-14-13-21(11-12-23-14)17-9-7-16(8-10-17)20-18(22)19-15-5-3-2-4-6-15/h2-10,14H,11-13H2,1H3,(H2,19,20,22). The number of hydrogen-bond acceptors (Lipinski definition) is 3. The smallest absolute Gasteiger partial charge is 0.323 e. The lowest BCUT2D eigenvalue weighted by Gasteiger charge is -2.33. The van der Waals surface area contributed by atoms with Crippen LogP contribution < -0.4 is 15.5 Å². The van der Waals surface area contributed by atoms with E-state index in [1.54, 1.807) is 0 Å². The van der Waals surface area contributed by atoms with E-state index in [0.29, 0.717) is 0 Å². The molecule has 1 unspecified atom stereocenters. The van der Waals surface area contributed by atoms with Crippen molar-refractivity contribution in [2.45, 2.75) is 13.0 Å². The van der Waals surface area contributed by atoms with Gasteiger partial charge in [-0.15, -0.1) is 0 Å². The van der Waals surface area contributed by atoms with Crippen LogP contribution in [0.5, 0.6) is 0 Å². The van der Waals surface area contributed by atoms with Crippen LogP contribution in [0, 0.1) is 0 Å². The lowest BCUT2D eigenvalue weighted by molar-refractivity contribution is 0.0532. The predicted octanol–water partition coefficient (Wildman–Crippen LogP) is 3.56. The van der Waals surface area contributed by atoms with Crippen molar-refractivity contribution >= 4 is 23.1 Å². The Morgan fingerprint density at radius 2 is 1.70 bits per heavy atom. The maximum atomic E-state index is 12.0. The summed E-state index contributed by atoms with van der Waals surface area (Å²) < 4.78 is 5.56. The molecule has 5 nitrogen and oxygen atoms in total. The fourth-order valence-corrected chi connectivity index (χ4v) is 2.62. The summed E-state index contributed by atoms with van der Waals surface area (Å²) in [6.07, 6.45) is 0.248. The topological polar surface area (TPSA) is 53.6 Å². The van der Waals surface area contributed by atoms with Crippen molar-refractivity contribution < 1.29 is 9.53 Å².